The third-order valence-corrected chi connectivity index (χ3v) is 5.95. The van der Waals surface area contributed by atoms with Gasteiger partial charge in [0, 0.05) is 30.2 Å². The summed E-state index contributed by atoms with van der Waals surface area (Å²) >= 11 is 0. The number of amides is 3. The van der Waals surface area contributed by atoms with Gasteiger partial charge in [-0.3, -0.25) is 19.5 Å². The lowest BCUT2D eigenvalue weighted by Gasteiger charge is -2.34. The van der Waals surface area contributed by atoms with Gasteiger partial charge >= 0.3 is 6.03 Å². The Bertz CT molecular complexity index is 1080. The van der Waals surface area contributed by atoms with E-state index in [1.807, 2.05) is 0 Å². The Hall–Kier alpha value is -3.23. The molecule has 31 heavy (non-hydrogen) atoms. The molecule has 1 spiro atoms. The molecule has 1 aliphatic carbocycles. The molecule has 0 bridgehead atoms. The molecule has 1 saturated heterocycles. The van der Waals surface area contributed by atoms with E-state index in [1.165, 1.54) is 18.3 Å². The topological polar surface area (TPSA) is 79.4 Å². The van der Waals surface area contributed by atoms with E-state index in [9.17, 15) is 27.6 Å². The molecular weight excluding hydrogens is 411 g/mol. The van der Waals surface area contributed by atoms with Crippen LogP contribution in [-0.2, 0) is 4.79 Å². The molecule has 1 saturated carbocycles. The van der Waals surface area contributed by atoms with Gasteiger partial charge < -0.3 is 5.32 Å². The summed E-state index contributed by atoms with van der Waals surface area (Å²) in [4.78, 5) is 42.5. The molecule has 1 aromatic carbocycles. The molecule has 9 heteroatoms. The monoisotopic (exact) mass is 431 g/mol. The van der Waals surface area contributed by atoms with Gasteiger partial charge in [-0.2, -0.15) is 0 Å². The molecular formula is C22H20F3N3O3. The zero-order valence-corrected chi connectivity index (χ0v) is 16.8. The SMILES string of the molecule is Cc1cc(C(=O)CN2C(=O)NC3(CCC(F)(F)CC3)C2=O)ccc1-c1cncc(F)c1. The summed E-state index contributed by atoms with van der Waals surface area (Å²) in [5, 5.41) is 2.52. The molecule has 2 heterocycles. The lowest BCUT2D eigenvalue weighted by Crippen LogP contribution is -2.51. The second-order valence-electron chi connectivity index (χ2n) is 8.10. The number of hydrogen-bond donors (Lipinski definition) is 1. The molecule has 1 aromatic heterocycles. The minimum absolute atomic E-state index is 0.162. The van der Waals surface area contributed by atoms with E-state index in [4.69, 9.17) is 0 Å². The van der Waals surface area contributed by atoms with Crippen molar-refractivity contribution in [3.63, 3.8) is 0 Å². The molecule has 2 aliphatic rings. The van der Waals surface area contributed by atoms with Gasteiger partial charge in [-0.25, -0.2) is 18.0 Å². The summed E-state index contributed by atoms with van der Waals surface area (Å²) in [7, 11) is 0. The highest BCUT2D eigenvalue weighted by Crippen LogP contribution is 2.41. The number of urea groups is 1. The van der Waals surface area contributed by atoms with Crippen molar-refractivity contribution in [2.75, 3.05) is 6.54 Å². The molecule has 2 fully saturated rings. The first-order valence-corrected chi connectivity index (χ1v) is 9.87. The van der Waals surface area contributed by atoms with E-state index in [0.717, 1.165) is 11.1 Å². The van der Waals surface area contributed by atoms with Crippen LogP contribution in [0.25, 0.3) is 11.1 Å². The van der Waals surface area contributed by atoms with E-state index in [-0.39, 0.29) is 18.4 Å². The lowest BCUT2D eigenvalue weighted by molar-refractivity contribution is -0.135. The average Bonchev–Trinajstić information content (AvgIpc) is 2.94. The minimum atomic E-state index is -2.85. The highest BCUT2D eigenvalue weighted by Gasteiger charge is 2.55. The average molecular weight is 431 g/mol. The second-order valence-corrected chi connectivity index (χ2v) is 8.10. The first-order valence-electron chi connectivity index (χ1n) is 9.87. The van der Waals surface area contributed by atoms with Gasteiger partial charge in [0.05, 0.1) is 12.7 Å². The van der Waals surface area contributed by atoms with E-state index in [2.05, 4.69) is 10.3 Å². The summed E-state index contributed by atoms with van der Waals surface area (Å²) in [5.41, 5.74) is 0.870. The summed E-state index contributed by atoms with van der Waals surface area (Å²) in [6.45, 7) is 1.27. The van der Waals surface area contributed by atoms with Crippen LogP contribution in [0.1, 0.15) is 41.6 Å². The van der Waals surface area contributed by atoms with Crippen LogP contribution in [0.4, 0.5) is 18.0 Å². The Balaban J connectivity index is 1.50. The Morgan fingerprint density at radius 1 is 1.13 bits per heavy atom. The first-order chi connectivity index (χ1) is 14.6. The number of benzene rings is 1. The van der Waals surface area contributed by atoms with Crippen LogP contribution >= 0.6 is 0 Å². The van der Waals surface area contributed by atoms with Crippen molar-refractivity contribution in [2.24, 2.45) is 0 Å². The van der Waals surface area contributed by atoms with Crippen molar-refractivity contribution >= 4 is 17.7 Å². The number of alkyl halides is 2. The lowest BCUT2D eigenvalue weighted by atomic mass is 9.80. The fraction of sp³-hybridized carbons (Fsp3) is 0.364. The Morgan fingerprint density at radius 3 is 2.48 bits per heavy atom. The second kappa shape index (κ2) is 7.47. The molecule has 0 atom stereocenters. The van der Waals surface area contributed by atoms with Gasteiger partial charge in [-0.1, -0.05) is 12.1 Å². The van der Waals surface area contributed by atoms with E-state index in [0.29, 0.717) is 16.7 Å². The van der Waals surface area contributed by atoms with E-state index < -0.39 is 54.4 Å². The number of rotatable bonds is 4. The predicted octanol–water partition coefficient (Wildman–Crippen LogP) is 3.88. The predicted molar refractivity (Wildman–Crippen MR) is 105 cm³/mol. The largest absolute Gasteiger partial charge is 0.325 e. The smallest absolute Gasteiger partial charge is 0.323 e. The van der Waals surface area contributed by atoms with Crippen molar-refractivity contribution in [1.82, 2.24) is 15.2 Å². The van der Waals surface area contributed by atoms with Crippen LogP contribution < -0.4 is 5.32 Å². The van der Waals surface area contributed by atoms with Crippen molar-refractivity contribution in [2.45, 2.75) is 44.1 Å². The standard InChI is InChI=1S/C22H20F3N3O3/c1-13-8-14(2-3-17(13)15-9-16(23)11-26-10-15)18(29)12-28-19(30)21(27-20(28)31)4-6-22(24,25)7-5-21/h2-3,8-11H,4-7,12H2,1H3,(H,27,31). The van der Waals surface area contributed by atoms with Crippen LogP contribution in [0.3, 0.4) is 0 Å². The zero-order valence-electron chi connectivity index (χ0n) is 16.8. The molecule has 0 radical (unpaired) electrons. The number of halogens is 3. The van der Waals surface area contributed by atoms with Gasteiger partial charge in [0.15, 0.2) is 5.78 Å². The zero-order chi connectivity index (χ0) is 22.4. The number of pyridine rings is 1. The highest BCUT2D eigenvalue weighted by molar-refractivity contribution is 6.11. The number of nitrogens with zero attached hydrogens (tertiary/aromatic N) is 2. The number of carbonyl (C=O) groups is 3. The van der Waals surface area contributed by atoms with Crippen LogP contribution in [-0.4, -0.2) is 45.6 Å². The van der Waals surface area contributed by atoms with Crippen LogP contribution in [0.5, 0.6) is 0 Å². The Labute approximate surface area is 176 Å². The number of nitrogens with one attached hydrogen (secondary N) is 1. The Kier molecular flexibility index (Phi) is 5.07. The summed E-state index contributed by atoms with van der Waals surface area (Å²) in [5.74, 6) is -4.44. The van der Waals surface area contributed by atoms with E-state index in [1.54, 1.807) is 19.1 Å². The quantitative estimate of drug-likeness (QED) is 0.589. The van der Waals surface area contributed by atoms with Gasteiger partial charge in [0.25, 0.3) is 5.91 Å². The number of ketones is 1. The minimum Gasteiger partial charge on any atom is -0.323 e. The molecule has 162 valence electrons. The van der Waals surface area contributed by atoms with Crippen LogP contribution in [0.2, 0.25) is 0 Å². The van der Waals surface area contributed by atoms with Crippen molar-refractivity contribution < 1.29 is 27.6 Å². The summed E-state index contributed by atoms with van der Waals surface area (Å²) in [6.07, 6.45) is 1.30. The van der Waals surface area contributed by atoms with Gasteiger partial charge in [0.1, 0.15) is 11.4 Å². The fourth-order valence-corrected chi connectivity index (χ4v) is 4.16. The van der Waals surface area contributed by atoms with Gasteiger partial charge in [-0.15, -0.1) is 0 Å². The number of Topliss-reactive ketones (excluding diaryl/α,β-unsaturated/α-hetero) is 1. The normalized spacial score (nSPS) is 19.5. The summed E-state index contributed by atoms with van der Waals surface area (Å²) < 4.78 is 40.4. The number of hydrogen-bond acceptors (Lipinski definition) is 4. The van der Waals surface area contributed by atoms with Crippen molar-refractivity contribution in [3.8, 4) is 11.1 Å². The number of carbonyl (C=O) groups excluding carboxylic acids is 3. The Morgan fingerprint density at radius 2 is 1.84 bits per heavy atom. The van der Waals surface area contributed by atoms with Gasteiger partial charge in [0.2, 0.25) is 5.92 Å². The first kappa shape index (κ1) is 21.0. The molecule has 1 aliphatic heterocycles. The number of imide groups is 1. The molecule has 0 unspecified atom stereocenters. The molecule has 2 aromatic rings. The third-order valence-electron chi connectivity index (χ3n) is 5.95. The van der Waals surface area contributed by atoms with Gasteiger partial charge in [-0.05, 0) is 43.0 Å². The third kappa shape index (κ3) is 3.92. The van der Waals surface area contributed by atoms with Crippen molar-refractivity contribution in [1.29, 1.82) is 0 Å². The fourth-order valence-electron chi connectivity index (χ4n) is 4.16. The summed E-state index contributed by atoms with van der Waals surface area (Å²) in [6, 6.07) is 5.36. The maximum Gasteiger partial charge on any atom is 0.325 e. The van der Waals surface area contributed by atoms with E-state index >= 15 is 0 Å². The molecule has 1 N–H and O–H groups in total. The number of aryl methyl sites for hydroxylation is 1. The maximum atomic E-state index is 13.5. The molecule has 6 nitrogen and oxygen atoms in total. The maximum absolute atomic E-state index is 13.5. The van der Waals surface area contributed by atoms with Crippen LogP contribution in [0, 0.1) is 12.7 Å². The van der Waals surface area contributed by atoms with Crippen molar-refractivity contribution in [3.05, 3.63) is 53.6 Å². The molecule has 4 rings (SSSR count). The number of aromatic nitrogens is 1. The van der Waals surface area contributed by atoms with Crippen LogP contribution in [0.15, 0.2) is 36.7 Å². The molecule has 3 amide bonds. The highest BCUT2D eigenvalue weighted by atomic mass is 19.3.